The molecule has 1 heteroatoms. The molecule has 0 unspecified atom stereocenters. The maximum atomic E-state index is 6.11. The van der Waals surface area contributed by atoms with Gasteiger partial charge in [-0.2, -0.15) is 0 Å². The lowest BCUT2D eigenvalue weighted by Gasteiger charge is -2.37. The second kappa shape index (κ2) is 10.5. The van der Waals surface area contributed by atoms with Crippen molar-refractivity contribution >= 4 is 0 Å². The maximum absolute atomic E-state index is 6.11. The van der Waals surface area contributed by atoms with E-state index in [2.05, 4.69) is 26.0 Å². The lowest BCUT2D eigenvalue weighted by molar-refractivity contribution is 0.00597. The molecule has 0 aromatic heterocycles. The van der Waals surface area contributed by atoms with Crippen LogP contribution >= 0.6 is 0 Å². The normalized spacial score (nSPS) is 33.4. The summed E-state index contributed by atoms with van der Waals surface area (Å²) in [5, 5.41) is 0. The molecule has 2 aliphatic rings. The predicted octanol–water partition coefficient (Wildman–Crippen LogP) is 6.52. The van der Waals surface area contributed by atoms with Gasteiger partial charge in [-0.05, 0) is 82.5 Å². The second-order valence-electron chi connectivity index (χ2n) is 7.67. The van der Waals surface area contributed by atoms with E-state index in [0.29, 0.717) is 6.10 Å². The van der Waals surface area contributed by atoms with Crippen LogP contribution in [0.5, 0.6) is 0 Å². The Bertz CT molecular complexity index is 293. The van der Waals surface area contributed by atoms with E-state index in [-0.39, 0.29) is 0 Å². The summed E-state index contributed by atoms with van der Waals surface area (Å²) in [6, 6.07) is 0. The first kappa shape index (κ1) is 18.0. The molecule has 0 spiro atoms. The molecule has 0 aliphatic heterocycles. The summed E-state index contributed by atoms with van der Waals surface area (Å²) in [6.07, 6.45) is 21.9. The van der Waals surface area contributed by atoms with Gasteiger partial charge >= 0.3 is 0 Å². The topological polar surface area (TPSA) is 9.23 Å². The van der Waals surface area contributed by atoms with Crippen LogP contribution in [0.25, 0.3) is 0 Å². The average molecular weight is 307 g/mol. The fourth-order valence-electron chi connectivity index (χ4n) is 4.59. The zero-order valence-corrected chi connectivity index (χ0v) is 15.1. The Morgan fingerprint density at radius 2 is 1.45 bits per heavy atom. The van der Waals surface area contributed by atoms with Gasteiger partial charge in [0.2, 0.25) is 0 Å². The number of ether oxygens (including phenoxy) is 1. The third kappa shape index (κ3) is 6.07. The summed E-state index contributed by atoms with van der Waals surface area (Å²) in [5.74, 6) is 2.91. The molecule has 0 heterocycles. The SMILES string of the molecule is C/C=C/[C@H]1CC[C@H](C2CCC(OCCCCCC)CC2)CC1. The Kier molecular flexibility index (Phi) is 8.59. The third-order valence-electron chi connectivity index (χ3n) is 6.02. The Labute approximate surface area is 138 Å². The molecule has 0 saturated heterocycles. The van der Waals surface area contributed by atoms with E-state index in [1.54, 1.807) is 0 Å². The highest BCUT2D eigenvalue weighted by molar-refractivity contribution is 4.90. The highest BCUT2D eigenvalue weighted by Crippen LogP contribution is 2.40. The molecule has 128 valence electrons. The Hall–Kier alpha value is -0.300. The number of allylic oxidation sites excluding steroid dienone is 2. The Morgan fingerprint density at radius 1 is 0.818 bits per heavy atom. The van der Waals surface area contributed by atoms with Gasteiger partial charge in [0.25, 0.3) is 0 Å². The fourth-order valence-corrected chi connectivity index (χ4v) is 4.59. The summed E-state index contributed by atoms with van der Waals surface area (Å²) in [5.41, 5.74) is 0. The Morgan fingerprint density at radius 3 is 2.05 bits per heavy atom. The molecule has 2 rings (SSSR count). The lowest BCUT2D eigenvalue weighted by atomic mass is 9.70. The minimum absolute atomic E-state index is 0.581. The van der Waals surface area contributed by atoms with Crippen molar-refractivity contribution in [3.63, 3.8) is 0 Å². The largest absolute Gasteiger partial charge is 0.378 e. The molecule has 2 aliphatic carbocycles. The second-order valence-corrected chi connectivity index (χ2v) is 7.67. The fraction of sp³-hybridized carbons (Fsp3) is 0.905. The van der Waals surface area contributed by atoms with Crippen molar-refractivity contribution in [3.05, 3.63) is 12.2 Å². The number of hydrogen-bond donors (Lipinski definition) is 0. The van der Waals surface area contributed by atoms with Crippen molar-refractivity contribution in [2.24, 2.45) is 17.8 Å². The zero-order valence-electron chi connectivity index (χ0n) is 15.1. The van der Waals surface area contributed by atoms with Gasteiger partial charge < -0.3 is 4.74 Å². The van der Waals surface area contributed by atoms with Crippen LogP contribution in [0.15, 0.2) is 12.2 Å². The van der Waals surface area contributed by atoms with E-state index in [4.69, 9.17) is 4.74 Å². The lowest BCUT2D eigenvalue weighted by Crippen LogP contribution is -2.28. The van der Waals surface area contributed by atoms with Crippen molar-refractivity contribution in [3.8, 4) is 0 Å². The van der Waals surface area contributed by atoms with Gasteiger partial charge in [0, 0.05) is 6.61 Å². The highest BCUT2D eigenvalue weighted by Gasteiger charge is 2.30. The maximum Gasteiger partial charge on any atom is 0.0575 e. The minimum atomic E-state index is 0.581. The first-order valence-corrected chi connectivity index (χ1v) is 10.1. The van der Waals surface area contributed by atoms with Crippen LogP contribution in [0.1, 0.15) is 90.9 Å². The van der Waals surface area contributed by atoms with E-state index in [1.807, 2.05) is 0 Å². The van der Waals surface area contributed by atoms with Crippen LogP contribution < -0.4 is 0 Å². The number of hydrogen-bond acceptors (Lipinski definition) is 1. The minimum Gasteiger partial charge on any atom is -0.378 e. The first-order valence-electron chi connectivity index (χ1n) is 10.1. The standard InChI is InChI=1S/C21H38O/c1-3-5-6-7-17-22-21-15-13-20(14-16-21)19-11-9-18(8-4-2)10-12-19/h4,8,18-21H,3,5-7,9-17H2,1-2H3/b8-4+/t18-,19-,20?,21?. The van der Waals surface area contributed by atoms with Gasteiger partial charge in [0.15, 0.2) is 0 Å². The van der Waals surface area contributed by atoms with Crippen LogP contribution in [0.4, 0.5) is 0 Å². The van der Waals surface area contributed by atoms with Gasteiger partial charge in [-0.25, -0.2) is 0 Å². The molecule has 0 bridgehead atoms. The monoisotopic (exact) mass is 306 g/mol. The summed E-state index contributed by atoms with van der Waals surface area (Å²) < 4.78 is 6.11. The van der Waals surface area contributed by atoms with Gasteiger partial charge in [-0.1, -0.05) is 38.3 Å². The summed E-state index contributed by atoms with van der Waals surface area (Å²) >= 11 is 0. The first-order chi connectivity index (χ1) is 10.8. The van der Waals surface area contributed by atoms with Crippen molar-refractivity contribution in [2.75, 3.05) is 6.61 Å². The number of rotatable bonds is 8. The molecule has 2 fully saturated rings. The summed E-state index contributed by atoms with van der Waals surface area (Å²) in [6.45, 7) is 5.44. The van der Waals surface area contributed by atoms with Crippen molar-refractivity contribution < 1.29 is 4.74 Å². The van der Waals surface area contributed by atoms with E-state index >= 15 is 0 Å². The molecule has 2 saturated carbocycles. The summed E-state index contributed by atoms with van der Waals surface area (Å²) in [4.78, 5) is 0. The quantitative estimate of drug-likeness (QED) is 0.366. The van der Waals surface area contributed by atoms with Crippen LogP contribution in [-0.4, -0.2) is 12.7 Å². The zero-order chi connectivity index (χ0) is 15.6. The predicted molar refractivity (Wildman–Crippen MR) is 96.1 cm³/mol. The van der Waals surface area contributed by atoms with Crippen LogP contribution in [0, 0.1) is 17.8 Å². The molecule has 0 amide bonds. The van der Waals surface area contributed by atoms with Crippen LogP contribution in [-0.2, 0) is 4.74 Å². The number of unbranched alkanes of at least 4 members (excludes halogenated alkanes) is 3. The third-order valence-corrected chi connectivity index (χ3v) is 6.02. The van der Waals surface area contributed by atoms with Crippen molar-refractivity contribution in [2.45, 2.75) is 97.0 Å². The summed E-state index contributed by atoms with van der Waals surface area (Å²) in [7, 11) is 0. The van der Waals surface area contributed by atoms with Gasteiger partial charge in [0.05, 0.1) is 6.10 Å². The van der Waals surface area contributed by atoms with E-state index in [9.17, 15) is 0 Å². The molecule has 0 N–H and O–H groups in total. The van der Waals surface area contributed by atoms with Crippen LogP contribution in [0.2, 0.25) is 0 Å². The molecular weight excluding hydrogens is 268 g/mol. The smallest absolute Gasteiger partial charge is 0.0575 e. The molecule has 22 heavy (non-hydrogen) atoms. The molecule has 1 nitrogen and oxygen atoms in total. The molecule has 0 aromatic rings. The van der Waals surface area contributed by atoms with Gasteiger partial charge in [0.1, 0.15) is 0 Å². The van der Waals surface area contributed by atoms with E-state index < -0.39 is 0 Å². The van der Waals surface area contributed by atoms with Crippen molar-refractivity contribution in [1.82, 2.24) is 0 Å². The Balaban J connectivity index is 1.57. The van der Waals surface area contributed by atoms with Crippen LogP contribution in [0.3, 0.4) is 0 Å². The molecular formula is C21H38O. The molecule has 0 atom stereocenters. The van der Waals surface area contributed by atoms with E-state index in [1.165, 1.54) is 77.0 Å². The highest BCUT2D eigenvalue weighted by atomic mass is 16.5. The molecule has 0 radical (unpaired) electrons. The van der Waals surface area contributed by atoms with Gasteiger partial charge in [-0.15, -0.1) is 0 Å². The van der Waals surface area contributed by atoms with Crippen molar-refractivity contribution in [1.29, 1.82) is 0 Å². The molecule has 0 aromatic carbocycles. The average Bonchev–Trinajstić information content (AvgIpc) is 2.56. The van der Waals surface area contributed by atoms with E-state index in [0.717, 1.165) is 24.4 Å². The van der Waals surface area contributed by atoms with Gasteiger partial charge in [-0.3, -0.25) is 0 Å².